The third-order valence-electron chi connectivity index (χ3n) is 3.83. The highest BCUT2D eigenvalue weighted by molar-refractivity contribution is 7.98. The van der Waals surface area contributed by atoms with Crippen LogP contribution < -0.4 is 11.1 Å². The Hall–Kier alpha value is -0.260. The molecule has 1 aliphatic carbocycles. The second kappa shape index (κ2) is 6.78. The lowest BCUT2D eigenvalue weighted by atomic mass is 9.64. The van der Waals surface area contributed by atoms with Crippen LogP contribution in [0.25, 0.3) is 0 Å². The van der Waals surface area contributed by atoms with Gasteiger partial charge in [-0.15, -0.1) is 0 Å². The summed E-state index contributed by atoms with van der Waals surface area (Å²) in [5.74, 6) is 0.890. The minimum Gasteiger partial charge on any atom is -0.378 e. The number of carbonyl (C=O) groups is 1. The maximum atomic E-state index is 11.9. The lowest BCUT2D eigenvalue weighted by molar-refractivity contribution is -0.137. The van der Waals surface area contributed by atoms with Gasteiger partial charge in [-0.25, -0.2) is 0 Å². The molecule has 4 nitrogen and oxygen atoms in total. The Balaban J connectivity index is 2.38. The summed E-state index contributed by atoms with van der Waals surface area (Å²) < 4.78 is 5.64. The van der Waals surface area contributed by atoms with E-state index in [4.69, 9.17) is 10.5 Å². The average Bonchev–Trinajstić information content (AvgIpc) is 2.34. The molecule has 1 amide bonds. The van der Waals surface area contributed by atoms with Crippen LogP contribution in [0.2, 0.25) is 0 Å². The van der Waals surface area contributed by atoms with E-state index in [1.54, 1.807) is 11.8 Å². The van der Waals surface area contributed by atoms with Gasteiger partial charge >= 0.3 is 0 Å². The third-order valence-corrected chi connectivity index (χ3v) is 4.48. The molecular formula is C13H26N2O2S. The van der Waals surface area contributed by atoms with E-state index in [2.05, 4.69) is 19.2 Å². The molecule has 0 bridgehead atoms. The number of thioether (sulfide) groups is 1. The van der Waals surface area contributed by atoms with Crippen LogP contribution in [0.15, 0.2) is 0 Å². The fourth-order valence-corrected chi connectivity index (χ4v) is 2.76. The molecule has 1 fully saturated rings. The van der Waals surface area contributed by atoms with Crippen molar-refractivity contribution in [3.8, 4) is 0 Å². The van der Waals surface area contributed by atoms with Gasteiger partial charge in [0.2, 0.25) is 5.91 Å². The van der Waals surface area contributed by atoms with Crippen molar-refractivity contribution in [1.82, 2.24) is 5.32 Å². The summed E-state index contributed by atoms with van der Waals surface area (Å²) in [6.07, 6.45) is 3.89. The number of hydrogen-bond donors (Lipinski definition) is 2. The zero-order valence-electron chi connectivity index (χ0n) is 11.9. The maximum Gasteiger partial charge on any atom is 0.237 e. The van der Waals surface area contributed by atoms with Crippen LogP contribution in [0.3, 0.4) is 0 Å². The number of hydrogen-bond acceptors (Lipinski definition) is 4. The van der Waals surface area contributed by atoms with E-state index < -0.39 is 0 Å². The topological polar surface area (TPSA) is 64.3 Å². The molecule has 0 radical (unpaired) electrons. The van der Waals surface area contributed by atoms with E-state index in [9.17, 15) is 4.79 Å². The Morgan fingerprint density at radius 3 is 2.78 bits per heavy atom. The van der Waals surface area contributed by atoms with Crippen molar-refractivity contribution in [2.75, 3.05) is 18.6 Å². The van der Waals surface area contributed by atoms with E-state index in [0.717, 1.165) is 25.2 Å². The number of amides is 1. The van der Waals surface area contributed by atoms with Crippen LogP contribution in [-0.2, 0) is 9.53 Å². The van der Waals surface area contributed by atoms with Gasteiger partial charge < -0.3 is 15.8 Å². The number of rotatable bonds is 7. The standard InChI is InChI=1S/C13H26N2O2S/c1-5-17-11-8-10(13(11,2)3)15-12(16)9(14)6-7-18-4/h9-11H,5-8,14H2,1-4H3,(H,15,16)/t9-,10?,11?/m1/s1. The van der Waals surface area contributed by atoms with E-state index in [-0.39, 0.29) is 29.5 Å². The molecule has 0 aromatic heterocycles. The monoisotopic (exact) mass is 274 g/mol. The normalized spacial score (nSPS) is 27.4. The molecule has 0 aliphatic heterocycles. The lowest BCUT2D eigenvalue weighted by Gasteiger charge is -2.51. The van der Waals surface area contributed by atoms with Gasteiger partial charge in [0.25, 0.3) is 0 Å². The number of ether oxygens (including phenoxy) is 1. The molecule has 106 valence electrons. The minimum absolute atomic E-state index is 0.00486. The van der Waals surface area contributed by atoms with Crippen molar-refractivity contribution in [1.29, 1.82) is 0 Å². The maximum absolute atomic E-state index is 11.9. The van der Waals surface area contributed by atoms with Gasteiger partial charge in [-0.2, -0.15) is 11.8 Å². The first-order chi connectivity index (χ1) is 8.43. The quantitative estimate of drug-likeness (QED) is 0.736. The molecule has 1 rings (SSSR count). The number of carbonyl (C=O) groups excluding carboxylic acids is 1. The van der Waals surface area contributed by atoms with Gasteiger partial charge in [-0.05, 0) is 31.8 Å². The van der Waals surface area contributed by atoms with Crippen molar-refractivity contribution in [3.63, 3.8) is 0 Å². The third kappa shape index (κ3) is 3.62. The highest BCUT2D eigenvalue weighted by Gasteiger charge is 2.49. The van der Waals surface area contributed by atoms with Gasteiger partial charge in [0, 0.05) is 18.1 Å². The van der Waals surface area contributed by atoms with E-state index >= 15 is 0 Å². The van der Waals surface area contributed by atoms with Crippen LogP contribution in [0.4, 0.5) is 0 Å². The van der Waals surface area contributed by atoms with E-state index in [1.807, 2.05) is 13.2 Å². The van der Waals surface area contributed by atoms with Gasteiger partial charge in [0.05, 0.1) is 12.1 Å². The highest BCUT2D eigenvalue weighted by Crippen LogP contribution is 2.42. The van der Waals surface area contributed by atoms with E-state index in [1.165, 1.54) is 0 Å². The van der Waals surface area contributed by atoms with Crippen molar-refractivity contribution in [2.45, 2.75) is 51.8 Å². The molecule has 5 heteroatoms. The van der Waals surface area contributed by atoms with Gasteiger partial charge in [0.1, 0.15) is 0 Å². The summed E-state index contributed by atoms with van der Waals surface area (Å²) >= 11 is 1.71. The van der Waals surface area contributed by atoms with Crippen LogP contribution in [0, 0.1) is 5.41 Å². The summed E-state index contributed by atoms with van der Waals surface area (Å²) in [4.78, 5) is 11.9. The SMILES string of the molecule is CCOC1CC(NC(=O)[C@H](N)CCSC)C1(C)C. The van der Waals surface area contributed by atoms with Crippen LogP contribution in [0.5, 0.6) is 0 Å². The first-order valence-electron chi connectivity index (χ1n) is 6.60. The molecule has 1 aliphatic rings. The highest BCUT2D eigenvalue weighted by atomic mass is 32.2. The molecule has 0 saturated heterocycles. The summed E-state index contributed by atoms with van der Waals surface area (Å²) in [7, 11) is 0. The minimum atomic E-state index is -0.389. The number of nitrogens with one attached hydrogen (secondary N) is 1. The summed E-state index contributed by atoms with van der Waals surface area (Å²) in [6, 6.07) is -0.207. The van der Waals surface area contributed by atoms with E-state index in [0.29, 0.717) is 0 Å². The smallest absolute Gasteiger partial charge is 0.237 e. The van der Waals surface area contributed by atoms with Crippen LogP contribution in [0.1, 0.15) is 33.6 Å². The summed E-state index contributed by atoms with van der Waals surface area (Å²) in [5.41, 5.74) is 5.86. The first kappa shape index (κ1) is 15.8. The van der Waals surface area contributed by atoms with Crippen molar-refractivity contribution in [3.05, 3.63) is 0 Å². The Kier molecular flexibility index (Phi) is 5.95. The zero-order chi connectivity index (χ0) is 13.8. The van der Waals surface area contributed by atoms with Crippen molar-refractivity contribution in [2.24, 2.45) is 11.1 Å². The predicted molar refractivity (Wildman–Crippen MR) is 76.7 cm³/mol. The lowest BCUT2D eigenvalue weighted by Crippen LogP contribution is -2.63. The van der Waals surface area contributed by atoms with Gasteiger partial charge in [-0.3, -0.25) is 4.79 Å². The van der Waals surface area contributed by atoms with Crippen molar-refractivity contribution >= 4 is 17.7 Å². The number of nitrogens with two attached hydrogens (primary N) is 1. The molecule has 3 atom stereocenters. The Morgan fingerprint density at radius 1 is 1.61 bits per heavy atom. The second-order valence-corrected chi connectivity index (χ2v) is 6.44. The van der Waals surface area contributed by atoms with Gasteiger partial charge in [-0.1, -0.05) is 13.8 Å². The average molecular weight is 274 g/mol. The zero-order valence-corrected chi connectivity index (χ0v) is 12.7. The molecule has 2 unspecified atom stereocenters. The first-order valence-corrected chi connectivity index (χ1v) is 7.99. The van der Waals surface area contributed by atoms with Crippen molar-refractivity contribution < 1.29 is 9.53 Å². The summed E-state index contributed by atoms with van der Waals surface area (Å²) in [6.45, 7) is 6.99. The fourth-order valence-electron chi connectivity index (χ4n) is 2.27. The second-order valence-electron chi connectivity index (χ2n) is 5.45. The molecule has 18 heavy (non-hydrogen) atoms. The van der Waals surface area contributed by atoms with Crippen LogP contribution in [-0.4, -0.2) is 42.7 Å². The Bertz CT molecular complexity index is 284. The molecule has 0 spiro atoms. The molecule has 1 saturated carbocycles. The largest absolute Gasteiger partial charge is 0.378 e. The van der Waals surface area contributed by atoms with Crippen LogP contribution >= 0.6 is 11.8 Å². The predicted octanol–water partition coefficient (Wildman–Crippen LogP) is 1.39. The molecule has 0 aromatic rings. The molecule has 3 N–H and O–H groups in total. The summed E-state index contributed by atoms with van der Waals surface area (Å²) in [5, 5.41) is 3.05. The Labute approximate surface area is 114 Å². The molecule has 0 aromatic carbocycles. The molecule has 0 heterocycles. The molecular weight excluding hydrogens is 248 g/mol. The fraction of sp³-hybridized carbons (Fsp3) is 0.923. The van der Waals surface area contributed by atoms with Gasteiger partial charge in [0.15, 0.2) is 0 Å². The Morgan fingerprint density at radius 2 is 2.28 bits per heavy atom.